The van der Waals surface area contributed by atoms with Gasteiger partial charge in [0.15, 0.2) is 17.8 Å². The summed E-state index contributed by atoms with van der Waals surface area (Å²) in [7, 11) is 0. The molecule has 1 saturated heterocycles. The van der Waals surface area contributed by atoms with Crippen LogP contribution >= 0.6 is 12.4 Å². The quantitative estimate of drug-likeness (QED) is 0.589. The van der Waals surface area contributed by atoms with Gasteiger partial charge in [0.2, 0.25) is 0 Å². The smallest absolute Gasteiger partial charge is 0.301 e. The summed E-state index contributed by atoms with van der Waals surface area (Å²) in [5, 5.41) is 26.1. The van der Waals surface area contributed by atoms with E-state index < -0.39 is 24.5 Å². The molecule has 4 atom stereocenters. The molecule has 8 heteroatoms. The lowest BCUT2D eigenvalue weighted by molar-refractivity contribution is -0.0434. The van der Waals surface area contributed by atoms with E-state index in [2.05, 4.69) is 4.98 Å². The molecule has 0 amide bonds. The Morgan fingerprint density at radius 2 is 2.29 bits per heavy atom. The lowest BCUT2D eigenvalue weighted by atomic mass is 10.1. The van der Waals surface area contributed by atoms with Gasteiger partial charge in [-0.1, -0.05) is 0 Å². The SMILES string of the molecule is Cl.N=c1ccn2c(n1)O[C@@H]1[C@H](O)[C@@H](CO)O[C@H]12. The summed E-state index contributed by atoms with van der Waals surface area (Å²) in [6.07, 6.45) is -0.930. The van der Waals surface area contributed by atoms with Crippen LogP contribution in [0, 0.1) is 5.41 Å². The van der Waals surface area contributed by atoms with E-state index in [4.69, 9.17) is 20.0 Å². The Kier molecular flexibility index (Phi) is 3.09. The van der Waals surface area contributed by atoms with Crippen LogP contribution < -0.4 is 10.2 Å². The van der Waals surface area contributed by atoms with E-state index in [1.807, 2.05) is 0 Å². The molecule has 0 aliphatic carbocycles. The van der Waals surface area contributed by atoms with E-state index >= 15 is 0 Å². The van der Waals surface area contributed by atoms with E-state index in [0.29, 0.717) is 0 Å². The van der Waals surface area contributed by atoms with Gasteiger partial charge in [0.1, 0.15) is 12.2 Å². The highest BCUT2D eigenvalue weighted by Gasteiger charge is 2.50. The molecule has 0 spiro atoms. The highest BCUT2D eigenvalue weighted by atomic mass is 35.5. The van der Waals surface area contributed by atoms with Gasteiger partial charge in [0, 0.05) is 6.20 Å². The number of nitrogens with one attached hydrogen (secondary N) is 1. The van der Waals surface area contributed by atoms with Gasteiger partial charge < -0.3 is 19.7 Å². The predicted octanol–water partition coefficient (Wildman–Crippen LogP) is -1.20. The lowest BCUT2D eigenvalue weighted by Gasteiger charge is -2.14. The highest BCUT2D eigenvalue weighted by molar-refractivity contribution is 5.85. The highest BCUT2D eigenvalue weighted by Crippen LogP contribution is 2.38. The number of rotatable bonds is 1. The lowest BCUT2D eigenvalue weighted by Crippen LogP contribution is -2.34. The molecule has 0 saturated carbocycles. The van der Waals surface area contributed by atoms with Gasteiger partial charge in [-0.15, -0.1) is 12.4 Å². The second kappa shape index (κ2) is 4.26. The molecule has 17 heavy (non-hydrogen) atoms. The van der Waals surface area contributed by atoms with Gasteiger partial charge in [-0.05, 0) is 6.07 Å². The number of aliphatic hydroxyl groups excluding tert-OH is 2. The summed E-state index contributed by atoms with van der Waals surface area (Å²) in [6.45, 7) is -0.253. The molecule has 1 fully saturated rings. The molecule has 3 N–H and O–H groups in total. The van der Waals surface area contributed by atoms with E-state index in [9.17, 15) is 5.11 Å². The summed E-state index contributed by atoms with van der Waals surface area (Å²) in [6, 6.07) is 1.77. The molecule has 2 aliphatic heterocycles. The molecule has 2 aliphatic rings. The van der Waals surface area contributed by atoms with Crippen LogP contribution in [0.3, 0.4) is 0 Å². The van der Waals surface area contributed by atoms with Crippen LogP contribution in [0.4, 0.5) is 0 Å². The normalized spacial score (nSPS) is 33.5. The van der Waals surface area contributed by atoms with Crippen molar-refractivity contribution in [3.05, 3.63) is 17.8 Å². The average molecular weight is 262 g/mol. The molecular formula is C9H12ClN3O4. The molecule has 7 nitrogen and oxygen atoms in total. The van der Waals surface area contributed by atoms with Crippen LogP contribution in [0.2, 0.25) is 0 Å². The fourth-order valence-electron chi connectivity index (χ4n) is 2.04. The van der Waals surface area contributed by atoms with Crippen molar-refractivity contribution >= 4 is 12.4 Å². The molecule has 1 aromatic rings. The van der Waals surface area contributed by atoms with Crippen LogP contribution in [0.1, 0.15) is 6.23 Å². The zero-order valence-electron chi connectivity index (χ0n) is 8.68. The largest absolute Gasteiger partial charge is 0.454 e. The van der Waals surface area contributed by atoms with Crippen LogP contribution in [0.25, 0.3) is 0 Å². The first kappa shape index (κ1) is 12.3. The molecular weight excluding hydrogens is 250 g/mol. The van der Waals surface area contributed by atoms with Crippen molar-refractivity contribution in [3.8, 4) is 6.01 Å². The first-order valence-electron chi connectivity index (χ1n) is 4.95. The molecule has 1 aromatic heterocycles. The standard InChI is InChI=1S/C9H11N3O4.ClH/c10-5-1-2-12-8-7(16-9(12)11-5)6(14)4(3-13)15-8;/h1-2,4,6-8,10,13-14H,3H2;1H/t4-,6-,7-,8-;/m1./s1. The Morgan fingerprint density at radius 1 is 1.53 bits per heavy atom. The van der Waals surface area contributed by atoms with Crippen molar-refractivity contribution in [2.24, 2.45) is 0 Å². The maximum Gasteiger partial charge on any atom is 0.301 e. The van der Waals surface area contributed by atoms with Crippen LogP contribution in [-0.2, 0) is 4.74 Å². The van der Waals surface area contributed by atoms with Crippen molar-refractivity contribution in [1.82, 2.24) is 9.55 Å². The van der Waals surface area contributed by atoms with Crippen LogP contribution in [-0.4, -0.2) is 44.7 Å². The molecule has 0 bridgehead atoms. The van der Waals surface area contributed by atoms with E-state index in [1.165, 1.54) is 6.07 Å². The minimum Gasteiger partial charge on any atom is -0.454 e. The fraction of sp³-hybridized carbons (Fsp3) is 0.556. The Labute approximate surface area is 103 Å². The van der Waals surface area contributed by atoms with Gasteiger partial charge in [0.25, 0.3) is 0 Å². The Hall–Kier alpha value is -1.15. The third kappa shape index (κ3) is 1.71. The fourth-order valence-corrected chi connectivity index (χ4v) is 2.04. The zero-order chi connectivity index (χ0) is 11.3. The number of nitrogens with zero attached hydrogens (tertiary/aromatic N) is 2. The summed E-state index contributed by atoms with van der Waals surface area (Å²) in [4.78, 5) is 3.88. The minimum atomic E-state index is -0.883. The number of aromatic nitrogens is 2. The molecule has 3 heterocycles. The Bertz CT molecular complexity index is 480. The summed E-state index contributed by atoms with van der Waals surface area (Å²) < 4.78 is 12.5. The number of hydrogen-bond donors (Lipinski definition) is 3. The summed E-state index contributed by atoms with van der Waals surface area (Å²) in [5.74, 6) is 0. The van der Waals surface area contributed by atoms with Gasteiger partial charge in [0.05, 0.1) is 6.61 Å². The van der Waals surface area contributed by atoms with Crippen molar-refractivity contribution in [3.63, 3.8) is 0 Å². The topological polar surface area (TPSA) is 101 Å². The molecule has 0 radical (unpaired) electrons. The third-order valence-electron chi connectivity index (χ3n) is 2.84. The predicted molar refractivity (Wildman–Crippen MR) is 56.7 cm³/mol. The second-order valence-electron chi connectivity index (χ2n) is 3.82. The summed E-state index contributed by atoms with van der Waals surface area (Å²) >= 11 is 0. The Balaban J connectivity index is 0.00000108. The van der Waals surface area contributed by atoms with E-state index in [-0.39, 0.29) is 30.5 Å². The number of halogens is 1. The first-order valence-corrected chi connectivity index (χ1v) is 4.95. The number of ether oxygens (including phenoxy) is 2. The first-order chi connectivity index (χ1) is 7.70. The second-order valence-corrected chi connectivity index (χ2v) is 3.82. The van der Waals surface area contributed by atoms with Gasteiger partial charge in [-0.2, -0.15) is 4.98 Å². The summed E-state index contributed by atoms with van der Waals surface area (Å²) in [5.41, 5.74) is 0.0967. The van der Waals surface area contributed by atoms with Crippen LogP contribution in [0.5, 0.6) is 6.01 Å². The van der Waals surface area contributed by atoms with Crippen molar-refractivity contribution in [1.29, 1.82) is 5.41 Å². The maximum absolute atomic E-state index is 9.80. The monoisotopic (exact) mass is 261 g/mol. The van der Waals surface area contributed by atoms with Crippen molar-refractivity contribution < 1.29 is 19.7 Å². The number of aliphatic hydroxyl groups is 2. The molecule has 0 unspecified atom stereocenters. The average Bonchev–Trinajstić information content (AvgIpc) is 2.75. The van der Waals surface area contributed by atoms with Crippen molar-refractivity contribution in [2.45, 2.75) is 24.5 Å². The number of fused-ring (bicyclic) bond motifs is 3. The van der Waals surface area contributed by atoms with Crippen molar-refractivity contribution in [2.75, 3.05) is 6.61 Å². The van der Waals surface area contributed by atoms with Gasteiger partial charge >= 0.3 is 6.01 Å². The van der Waals surface area contributed by atoms with Gasteiger partial charge in [-0.3, -0.25) is 9.98 Å². The molecule has 0 aromatic carbocycles. The zero-order valence-corrected chi connectivity index (χ0v) is 9.50. The minimum absolute atomic E-state index is 0. The molecule has 94 valence electrons. The van der Waals surface area contributed by atoms with Gasteiger partial charge in [-0.25, -0.2) is 0 Å². The van der Waals surface area contributed by atoms with Crippen LogP contribution in [0.15, 0.2) is 12.3 Å². The number of hydrogen-bond acceptors (Lipinski definition) is 6. The van der Waals surface area contributed by atoms with E-state index in [0.717, 1.165) is 0 Å². The van der Waals surface area contributed by atoms with E-state index in [1.54, 1.807) is 10.8 Å². The maximum atomic E-state index is 9.80. The molecule has 3 rings (SSSR count). The third-order valence-corrected chi connectivity index (χ3v) is 2.84. The Morgan fingerprint density at radius 3 is 3.00 bits per heavy atom.